The Bertz CT molecular complexity index is 144. The van der Waals surface area contributed by atoms with Crippen LogP contribution in [0.1, 0.15) is 38.5 Å². The van der Waals surface area contributed by atoms with E-state index in [0.29, 0.717) is 0 Å². The maximum atomic E-state index is 1.61. The van der Waals surface area contributed by atoms with Gasteiger partial charge in [-0.05, 0) is 42.9 Å². The van der Waals surface area contributed by atoms with E-state index in [1.807, 2.05) is 0 Å². The van der Waals surface area contributed by atoms with Gasteiger partial charge in [0.2, 0.25) is 0 Å². The highest BCUT2D eigenvalue weighted by molar-refractivity contribution is 5.10. The van der Waals surface area contributed by atoms with Gasteiger partial charge in [-0.1, -0.05) is 12.8 Å². The van der Waals surface area contributed by atoms with Crippen LogP contribution in [-0.2, 0) is 0 Å². The van der Waals surface area contributed by atoms with Crippen molar-refractivity contribution in [1.29, 1.82) is 0 Å². The van der Waals surface area contributed by atoms with Gasteiger partial charge in [0.05, 0.1) is 0 Å². The number of rotatable bonds is 0. The lowest BCUT2D eigenvalue weighted by atomic mass is 9.86. The van der Waals surface area contributed by atoms with Gasteiger partial charge in [0.15, 0.2) is 0 Å². The van der Waals surface area contributed by atoms with Gasteiger partial charge >= 0.3 is 0 Å². The first-order chi connectivity index (χ1) is 4.41. The maximum absolute atomic E-state index is 1.61. The van der Waals surface area contributed by atoms with Crippen LogP contribution in [0.5, 0.6) is 0 Å². The van der Waals surface area contributed by atoms with Gasteiger partial charge in [-0.25, -0.2) is 0 Å². The summed E-state index contributed by atoms with van der Waals surface area (Å²) in [4.78, 5) is 0. The second-order valence-corrected chi connectivity index (χ2v) is 4.36. The van der Waals surface area contributed by atoms with E-state index < -0.39 is 0 Å². The Hall–Kier alpha value is 0. The summed E-state index contributed by atoms with van der Waals surface area (Å²) in [5.74, 6) is 2.44. The molecule has 9 heavy (non-hydrogen) atoms. The van der Waals surface area contributed by atoms with Crippen LogP contribution in [-0.4, -0.2) is 0 Å². The highest BCUT2D eigenvalue weighted by Crippen LogP contribution is 2.70. The molecule has 2 unspecified atom stereocenters. The Morgan fingerprint density at radius 2 is 2.00 bits per heavy atom. The summed E-state index contributed by atoms with van der Waals surface area (Å²) in [6, 6.07) is 0. The van der Waals surface area contributed by atoms with E-state index in [2.05, 4.69) is 0 Å². The SMILES string of the molecule is C1CC2CC2C2(C1)CC2. The van der Waals surface area contributed by atoms with Crippen LogP contribution in [0.15, 0.2) is 0 Å². The average Bonchev–Trinajstić information content (AvgIpc) is 2.63. The quantitative estimate of drug-likeness (QED) is 0.463. The maximum Gasteiger partial charge on any atom is -0.0266 e. The van der Waals surface area contributed by atoms with Crippen molar-refractivity contribution in [3.05, 3.63) is 0 Å². The smallest absolute Gasteiger partial charge is 0.0266 e. The van der Waals surface area contributed by atoms with Crippen molar-refractivity contribution >= 4 is 0 Å². The molecule has 3 aliphatic rings. The largest absolute Gasteiger partial charge is 0.0525 e. The molecule has 0 nitrogen and oxygen atoms in total. The van der Waals surface area contributed by atoms with Crippen molar-refractivity contribution in [3.63, 3.8) is 0 Å². The van der Waals surface area contributed by atoms with Crippen LogP contribution >= 0.6 is 0 Å². The van der Waals surface area contributed by atoms with E-state index in [4.69, 9.17) is 0 Å². The molecule has 3 rings (SSSR count). The van der Waals surface area contributed by atoms with Gasteiger partial charge in [0.25, 0.3) is 0 Å². The standard InChI is InChI=1S/C9H14/c1-2-7-6-8(7)9(3-1)4-5-9/h7-8H,1-6H2. The highest BCUT2D eigenvalue weighted by Gasteiger charge is 2.60. The Labute approximate surface area is 56.6 Å². The molecule has 3 aliphatic carbocycles. The predicted octanol–water partition coefficient (Wildman–Crippen LogP) is 2.59. The van der Waals surface area contributed by atoms with Crippen molar-refractivity contribution < 1.29 is 0 Å². The Morgan fingerprint density at radius 1 is 1.11 bits per heavy atom. The Balaban J connectivity index is 1.88. The first-order valence-electron chi connectivity index (χ1n) is 4.41. The minimum atomic E-state index is 0.961. The lowest BCUT2D eigenvalue weighted by Crippen LogP contribution is -2.09. The second-order valence-electron chi connectivity index (χ2n) is 4.36. The minimum Gasteiger partial charge on any atom is -0.0525 e. The number of hydrogen-bond donors (Lipinski definition) is 0. The van der Waals surface area contributed by atoms with Crippen LogP contribution in [0.4, 0.5) is 0 Å². The molecule has 50 valence electrons. The van der Waals surface area contributed by atoms with Crippen LogP contribution in [0.2, 0.25) is 0 Å². The summed E-state index contributed by atoms with van der Waals surface area (Å²) in [6.45, 7) is 0. The van der Waals surface area contributed by atoms with E-state index in [-0.39, 0.29) is 0 Å². The average molecular weight is 122 g/mol. The molecule has 0 amide bonds. The predicted molar refractivity (Wildman–Crippen MR) is 37.1 cm³/mol. The van der Waals surface area contributed by atoms with E-state index >= 15 is 0 Å². The highest BCUT2D eigenvalue weighted by atomic mass is 14.6. The van der Waals surface area contributed by atoms with Gasteiger partial charge < -0.3 is 0 Å². The summed E-state index contributed by atoms with van der Waals surface area (Å²) in [5, 5.41) is 0. The summed E-state index contributed by atoms with van der Waals surface area (Å²) < 4.78 is 0. The number of fused-ring (bicyclic) bond motifs is 2. The summed E-state index contributed by atoms with van der Waals surface area (Å²) in [6.07, 6.45) is 9.52. The normalized spacial score (nSPS) is 50.7. The van der Waals surface area contributed by atoms with Crippen molar-refractivity contribution in [3.8, 4) is 0 Å². The molecule has 3 saturated carbocycles. The molecule has 0 heteroatoms. The minimum absolute atomic E-state index is 0.961. The van der Waals surface area contributed by atoms with Crippen LogP contribution < -0.4 is 0 Å². The molecule has 0 aromatic heterocycles. The summed E-state index contributed by atoms with van der Waals surface area (Å²) >= 11 is 0. The third-order valence-corrected chi connectivity index (χ3v) is 3.85. The summed E-state index contributed by atoms with van der Waals surface area (Å²) in [5.41, 5.74) is 0.961. The zero-order chi connectivity index (χ0) is 5.90. The zero-order valence-corrected chi connectivity index (χ0v) is 5.90. The van der Waals surface area contributed by atoms with Crippen LogP contribution in [0.3, 0.4) is 0 Å². The van der Waals surface area contributed by atoms with Gasteiger partial charge in [-0.15, -0.1) is 0 Å². The fourth-order valence-electron chi connectivity index (χ4n) is 3.00. The van der Waals surface area contributed by atoms with Gasteiger partial charge in [-0.3, -0.25) is 0 Å². The molecule has 0 radical (unpaired) electrons. The topological polar surface area (TPSA) is 0 Å². The van der Waals surface area contributed by atoms with Crippen LogP contribution in [0, 0.1) is 17.3 Å². The number of hydrogen-bond acceptors (Lipinski definition) is 0. The van der Waals surface area contributed by atoms with E-state index in [0.717, 1.165) is 5.41 Å². The molecule has 0 aliphatic heterocycles. The molecule has 1 spiro atoms. The first kappa shape index (κ1) is 4.76. The van der Waals surface area contributed by atoms with Crippen molar-refractivity contribution in [2.45, 2.75) is 38.5 Å². The zero-order valence-electron chi connectivity index (χ0n) is 5.90. The second kappa shape index (κ2) is 1.21. The molecular formula is C9H14. The van der Waals surface area contributed by atoms with Crippen LogP contribution in [0.25, 0.3) is 0 Å². The van der Waals surface area contributed by atoms with Crippen molar-refractivity contribution in [1.82, 2.24) is 0 Å². The fraction of sp³-hybridized carbons (Fsp3) is 1.00. The van der Waals surface area contributed by atoms with Crippen molar-refractivity contribution in [2.24, 2.45) is 17.3 Å². The first-order valence-corrected chi connectivity index (χ1v) is 4.41. The van der Waals surface area contributed by atoms with E-state index in [9.17, 15) is 0 Å². The van der Waals surface area contributed by atoms with Gasteiger partial charge in [-0.2, -0.15) is 0 Å². The van der Waals surface area contributed by atoms with Gasteiger partial charge in [0, 0.05) is 0 Å². The van der Waals surface area contributed by atoms with Gasteiger partial charge in [0.1, 0.15) is 0 Å². The fourth-order valence-corrected chi connectivity index (χ4v) is 3.00. The lowest BCUT2D eigenvalue weighted by Gasteiger charge is -2.19. The van der Waals surface area contributed by atoms with Crippen molar-refractivity contribution in [2.75, 3.05) is 0 Å². The molecule has 0 aromatic rings. The molecule has 3 fully saturated rings. The Morgan fingerprint density at radius 3 is 2.67 bits per heavy atom. The molecular weight excluding hydrogens is 108 g/mol. The Kier molecular flexibility index (Phi) is 0.640. The molecule has 2 atom stereocenters. The van der Waals surface area contributed by atoms with E-state index in [1.54, 1.807) is 38.5 Å². The summed E-state index contributed by atoms with van der Waals surface area (Å²) in [7, 11) is 0. The third-order valence-electron chi connectivity index (χ3n) is 3.85. The molecule has 0 aromatic carbocycles. The third kappa shape index (κ3) is 0.500. The monoisotopic (exact) mass is 122 g/mol. The molecule has 0 bridgehead atoms. The van der Waals surface area contributed by atoms with E-state index in [1.165, 1.54) is 11.8 Å². The molecule has 0 heterocycles. The molecule has 0 saturated heterocycles. The molecule has 0 N–H and O–H groups in total. The lowest BCUT2D eigenvalue weighted by molar-refractivity contribution is 0.313.